The van der Waals surface area contributed by atoms with Crippen molar-refractivity contribution in [2.45, 2.75) is 47.7 Å². The Hall–Kier alpha value is -3.75. The van der Waals surface area contributed by atoms with Crippen LogP contribution in [0, 0.1) is 27.7 Å². The van der Waals surface area contributed by atoms with Crippen LogP contribution in [0.15, 0.2) is 97.1 Å². The lowest BCUT2D eigenvalue weighted by Crippen LogP contribution is -2.33. The summed E-state index contributed by atoms with van der Waals surface area (Å²) >= 11 is 0. The maximum Gasteiger partial charge on any atom is 0.300 e. The molecule has 0 aliphatic heterocycles. The summed E-state index contributed by atoms with van der Waals surface area (Å²) in [5.41, 5.74) is 6.67. The van der Waals surface area contributed by atoms with Crippen LogP contribution >= 0.6 is 7.26 Å². The average Bonchev–Trinajstić information content (AvgIpc) is 2.83. The summed E-state index contributed by atoms with van der Waals surface area (Å²) in [7, 11) is -1.87. The highest BCUT2D eigenvalue weighted by atomic mass is 31.2. The van der Waals surface area contributed by atoms with Crippen molar-refractivity contribution in [1.82, 2.24) is 0 Å². The van der Waals surface area contributed by atoms with Crippen molar-refractivity contribution in [3.63, 3.8) is 0 Å². The van der Waals surface area contributed by atoms with Crippen molar-refractivity contribution in [2.24, 2.45) is 0 Å². The lowest BCUT2D eigenvalue weighted by atomic mass is 10.2. The molecule has 0 unspecified atom stereocenters. The number of aliphatic carboxylic acids is 2. The van der Waals surface area contributed by atoms with Crippen LogP contribution in [0.1, 0.15) is 41.7 Å². The van der Waals surface area contributed by atoms with E-state index in [4.69, 9.17) is 19.8 Å². The van der Waals surface area contributed by atoms with Gasteiger partial charge in [0.05, 0.1) is 6.16 Å². The van der Waals surface area contributed by atoms with Gasteiger partial charge in [-0.25, -0.2) is 0 Å². The lowest BCUT2D eigenvalue weighted by molar-refractivity contribution is -0.302. The van der Waals surface area contributed by atoms with Crippen LogP contribution in [0.4, 0.5) is 0 Å². The number of carboxylic acid groups (broad SMARTS) is 2. The van der Waals surface area contributed by atoms with Gasteiger partial charge in [-0.05, 0) is 93.3 Å². The minimum Gasteiger partial charge on any atom is -0.550 e. The Morgan fingerprint density at radius 1 is 0.632 bits per heavy atom. The zero-order chi connectivity index (χ0) is 28.3. The van der Waals surface area contributed by atoms with Crippen molar-refractivity contribution < 1.29 is 19.8 Å². The maximum absolute atomic E-state index is 9.00. The molecule has 0 atom stereocenters. The molecule has 4 aromatic rings. The second-order valence-electron chi connectivity index (χ2n) is 9.48. The van der Waals surface area contributed by atoms with Crippen LogP contribution in [-0.4, -0.2) is 17.0 Å². The second kappa shape index (κ2) is 14.3. The molecular formula is C33H37O4P. The molecule has 0 saturated heterocycles. The molecule has 38 heavy (non-hydrogen) atoms. The van der Waals surface area contributed by atoms with Crippen LogP contribution in [0.5, 0.6) is 0 Å². The molecule has 0 aromatic heterocycles. The Bertz CT molecular complexity index is 1230. The van der Waals surface area contributed by atoms with Gasteiger partial charge in [0.25, 0.3) is 5.97 Å². The van der Waals surface area contributed by atoms with Crippen molar-refractivity contribution in [1.29, 1.82) is 0 Å². The molecule has 0 aliphatic carbocycles. The Kier molecular flexibility index (Phi) is 11.4. The zero-order valence-electron chi connectivity index (χ0n) is 23.1. The lowest BCUT2D eigenvalue weighted by Gasteiger charge is -2.28. The van der Waals surface area contributed by atoms with E-state index in [-0.39, 0.29) is 0 Å². The number of rotatable bonds is 5. The first-order chi connectivity index (χ1) is 17.9. The molecule has 0 radical (unpaired) electrons. The van der Waals surface area contributed by atoms with E-state index < -0.39 is 19.2 Å². The first-order valence-electron chi connectivity index (χ1n) is 12.5. The van der Waals surface area contributed by atoms with E-state index in [1.807, 2.05) is 0 Å². The first kappa shape index (κ1) is 30.5. The fourth-order valence-electron chi connectivity index (χ4n) is 4.28. The van der Waals surface area contributed by atoms with Crippen molar-refractivity contribution in [3.8, 4) is 0 Å². The van der Waals surface area contributed by atoms with E-state index >= 15 is 0 Å². The van der Waals surface area contributed by atoms with Gasteiger partial charge in [0.1, 0.15) is 23.2 Å². The molecule has 5 heteroatoms. The van der Waals surface area contributed by atoms with Gasteiger partial charge >= 0.3 is 0 Å². The van der Waals surface area contributed by atoms with E-state index in [1.165, 1.54) is 43.7 Å². The van der Waals surface area contributed by atoms with E-state index in [0.717, 1.165) is 20.0 Å². The summed E-state index contributed by atoms with van der Waals surface area (Å²) in [4.78, 5) is 17.9. The maximum atomic E-state index is 9.00. The quantitative estimate of drug-likeness (QED) is 0.359. The first-order valence-corrected chi connectivity index (χ1v) is 14.4. The molecule has 4 aromatic carbocycles. The molecule has 0 bridgehead atoms. The number of hydrogen-bond donors (Lipinski definition) is 1. The van der Waals surface area contributed by atoms with Gasteiger partial charge in [-0.2, -0.15) is 0 Å². The smallest absolute Gasteiger partial charge is 0.300 e. The third kappa shape index (κ3) is 8.97. The molecule has 0 heterocycles. The van der Waals surface area contributed by atoms with E-state index in [0.29, 0.717) is 0 Å². The van der Waals surface area contributed by atoms with E-state index in [2.05, 4.69) is 125 Å². The minimum absolute atomic E-state index is 0.833. The molecule has 0 amide bonds. The van der Waals surface area contributed by atoms with Gasteiger partial charge in [0.2, 0.25) is 0 Å². The summed E-state index contributed by atoms with van der Waals surface area (Å²) < 4.78 is 0. The summed E-state index contributed by atoms with van der Waals surface area (Å²) in [6.45, 7) is 10.8. The molecule has 4 nitrogen and oxygen atoms in total. The molecule has 0 fully saturated rings. The Labute approximate surface area is 227 Å². The van der Waals surface area contributed by atoms with Gasteiger partial charge < -0.3 is 15.0 Å². The van der Waals surface area contributed by atoms with Gasteiger partial charge in [0, 0.05) is 12.9 Å². The molecule has 0 spiro atoms. The number of carboxylic acids is 2. The number of aryl methyl sites for hydroxylation is 4. The van der Waals surface area contributed by atoms with Crippen molar-refractivity contribution >= 4 is 35.1 Å². The topological polar surface area (TPSA) is 77.4 Å². The van der Waals surface area contributed by atoms with E-state index in [1.54, 1.807) is 0 Å². The fraction of sp³-hybridized carbons (Fsp3) is 0.212. The molecule has 0 saturated carbocycles. The van der Waals surface area contributed by atoms with Crippen molar-refractivity contribution in [2.75, 3.05) is 0 Å². The molecule has 1 N–H and O–H groups in total. The largest absolute Gasteiger partial charge is 0.550 e. The van der Waals surface area contributed by atoms with Crippen LogP contribution in [0.3, 0.4) is 0 Å². The number of carbonyl (C=O) groups is 2. The highest BCUT2D eigenvalue weighted by molar-refractivity contribution is 7.95. The SMILES string of the molecule is CC(=O)O.CC(=O)[O-].Cc1ccc(C[P+](c2cccc(C)c2)(c2cccc(C)c2)c2cccc(C)c2)cc1. The molecule has 198 valence electrons. The van der Waals surface area contributed by atoms with Crippen LogP contribution in [0.2, 0.25) is 0 Å². The third-order valence-electron chi connectivity index (χ3n) is 5.87. The Morgan fingerprint density at radius 2 is 0.947 bits per heavy atom. The van der Waals surface area contributed by atoms with E-state index in [9.17, 15) is 0 Å². The molecule has 4 rings (SSSR count). The van der Waals surface area contributed by atoms with Gasteiger partial charge in [-0.1, -0.05) is 66.2 Å². The van der Waals surface area contributed by atoms with Crippen LogP contribution in [0.25, 0.3) is 0 Å². The number of benzene rings is 4. The Balaban J connectivity index is 0.000000559. The highest BCUT2D eigenvalue weighted by Crippen LogP contribution is 2.58. The summed E-state index contributed by atoms with van der Waals surface area (Å²) in [5.74, 6) is -1.92. The normalized spacial score (nSPS) is 10.4. The summed E-state index contributed by atoms with van der Waals surface area (Å²) in [6.07, 6.45) is 1.03. The second-order valence-corrected chi connectivity index (χ2v) is 13.0. The fourth-order valence-corrected chi connectivity index (χ4v) is 8.78. The monoisotopic (exact) mass is 528 g/mol. The Morgan fingerprint density at radius 3 is 1.24 bits per heavy atom. The molecular weight excluding hydrogens is 491 g/mol. The number of carbonyl (C=O) groups excluding carboxylic acids is 1. The van der Waals surface area contributed by atoms with Crippen LogP contribution < -0.4 is 21.0 Å². The zero-order valence-corrected chi connectivity index (χ0v) is 24.0. The summed E-state index contributed by atoms with van der Waals surface area (Å²) in [6, 6.07) is 36.7. The molecule has 0 aliphatic rings. The van der Waals surface area contributed by atoms with Crippen molar-refractivity contribution in [3.05, 3.63) is 125 Å². The average molecular weight is 529 g/mol. The predicted molar refractivity (Wildman–Crippen MR) is 158 cm³/mol. The predicted octanol–water partition coefficient (Wildman–Crippen LogP) is 5.26. The van der Waals surface area contributed by atoms with Gasteiger partial charge in [-0.3, -0.25) is 4.79 Å². The standard InChI is InChI=1S/C29H30P.2C2H4O2/c1-22-14-16-26(17-15-22)21-30(27-11-5-8-23(2)18-27,28-12-6-9-24(3)19-28)29-13-7-10-25(4)20-29;2*1-2(3)4/h5-20H,21H2,1-4H3;2*1H3,(H,3,4)/q+1;;/p-1. The minimum atomic E-state index is -1.87. The van der Waals surface area contributed by atoms with Gasteiger partial charge in [0.15, 0.2) is 0 Å². The van der Waals surface area contributed by atoms with Crippen LogP contribution in [-0.2, 0) is 15.8 Å². The highest BCUT2D eigenvalue weighted by Gasteiger charge is 2.45. The number of hydrogen-bond acceptors (Lipinski definition) is 3. The third-order valence-corrected chi connectivity index (χ3v) is 10.2. The summed E-state index contributed by atoms with van der Waals surface area (Å²) in [5, 5.41) is 20.7. The van der Waals surface area contributed by atoms with Gasteiger partial charge in [-0.15, -0.1) is 0 Å².